The fraction of sp³-hybridized carbons (Fsp3) is 0.333. The maximum absolute atomic E-state index is 11.3. The molecule has 0 nitrogen and oxygen atoms in total. The zero-order chi connectivity index (χ0) is 5.86. The molecule has 0 bridgehead atoms. The summed E-state index contributed by atoms with van der Waals surface area (Å²) in [5.74, 6) is 0. The second-order valence-corrected chi connectivity index (χ2v) is 1.57. The second kappa shape index (κ2) is 3.22. The Bertz CT molecular complexity index is 75.0. The van der Waals surface area contributed by atoms with E-state index in [-0.39, 0.29) is 0 Å². The van der Waals surface area contributed by atoms with E-state index in [4.69, 9.17) is 0 Å². The number of hydrogen-bond acceptors (Lipinski definition) is 0. The molecule has 7 heavy (non-hydrogen) atoms. The first-order valence-electron chi connectivity index (χ1n) is 1.44. The molecule has 0 aliphatic heterocycles. The van der Waals surface area contributed by atoms with E-state index in [1.54, 1.807) is 0 Å². The fourth-order valence-electron chi connectivity index (χ4n) is 0.0952. The van der Waals surface area contributed by atoms with Crippen molar-refractivity contribution in [3.8, 4) is 0 Å². The fourth-order valence-corrected chi connectivity index (χ4v) is 0.381. The van der Waals surface area contributed by atoms with E-state index in [1.807, 2.05) is 0 Å². The van der Waals surface area contributed by atoms with Crippen molar-refractivity contribution in [2.24, 2.45) is 0 Å². The zero-order valence-electron chi connectivity index (χ0n) is 3.17. The topological polar surface area (TPSA) is 0 Å². The third-order valence-electron chi connectivity index (χ3n) is 0.252. The minimum Gasteiger partial charge on any atom is -0.225 e. The molecular weight excluding hydrogens is 145 g/mol. The smallest absolute Gasteiger partial charge is 0.195 e. The predicted molar refractivity (Wildman–Crippen MR) is 25.8 cm³/mol. The Morgan fingerprint density at radius 3 is 2.14 bits per heavy atom. The molecule has 0 heterocycles. The summed E-state index contributed by atoms with van der Waals surface area (Å²) in [7, 11) is 0. The molecule has 0 rings (SSSR count). The first-order valence-corrected chi connectivity index (χ1v) is 2.25. The van der Waals surface area contributed by atoms with Crippen LogP contribution in [0.4, 0.5) is 8.78 Å². The van der Waals surface area contributed by atoms with Crippen molar-refractivity contribution >= 4 is 23.2 Å². The van der Waals surface area contributed by atoms with Gasteiger partial charge < -0.3 is 0 Å². The SMILES string of the molecule is F/C(Cl)=C\C(F)Cl. The maximum Gasteiger partial charge on any atom is 0.195 e. The molecule has 1 unspecified atom stereocenters. The van der Waals surface area contributed by atoms with E-state index < -0.39 is 10.9 Å². The van der Waals surface area contributed by atoms with Crippen molar-refractivity contribution in [2.75, 3.05) is 0 Å². The lowest BCUT2D eigenvalue weighted by atomic mass is 10.7. The highest BCUT2D eigenvalue weighted by molar-refractivity contribution is 6.29. The molecule has 0 aromatic carbocycles. The van der Waals surface area contributed by atoms with Crippen LogP contribution in [0.1, 0.15) is 0 Å². The quantitative estimate of drug-likeness (QED) is 0.500. The third kappa shape index (κ3) is 6.18. The molecule has 0 radical (unpaired) electrons. The van der Waals surface area contributed by atoms with Crippen molar-refractivity contribution in [1.82, 2.24) is 0 Å². The van der Waals surface area contributed by atoms with Crippen LogP contribution in [-0.2, 0) is 0 Å². The van der Waals surface area contributed by atoms with Crippen LogP contribution in [-0.4, -0.2) is 5.63 Å². The van der Waals surface area contributed by atoms with Crippen molar-refractivity contribution < 1.29 is 8.78 Å². The highest BCUT2D eigenvalue weighted by atomic mass is 35.5. The van der Waals surface area contributed by atoms with Gasteiger partial charge in [-0.3, -0.25) is 0 Å². The molecular formula is C3H2Cl2F2. The summed E-state index contributed by atoms with van der Waals surface area (Å²) in [6.45, 7) is 0. The molecule has 4 heteroatoms. The summed E-state index contributed by atoms with van der Waals surface area (Å²) in [5.41, 5.74) is -1.82. The summed E-state index contributed by atoms with van der Waals surface area (Å²) in [6.07, 6.45) is 0.448. The summed E-state index contributed by atoms with van der Waals surface area (Å²) >= 11 is 9.15. The first-order chi connectivity index (χ1) is 3.13. The summed E-state index contributed by atoms with van der Waals surface area (Å²) in [4.78, 5) is 0. The standard InChI is InChI=1S/C3H2Cl2F2/c4-2(6)1-3(5)7/h1-2H/b3-1-. The molecule has 1 atom stereocenters. The van der Waals surface area contributed by atoms with E-state index >= 15 is 0 Å². The lowest BCUT2D eigenvalue weighted by Gasteiger charge is -1.82. The van der Waals surface area contributed by atoms with Crippen LogP contribution < -0.4 is 0 Å². The van der Waals surface area contributed by atoms with Gasteiger partial charge in [0.05, 0.1) is 0 Å². The number of hydrogen-bond donors (Lipinski definition) is 0. The molecule has 0 fully saturated rings. The van der Waals surface area contributed by atoms with Gasteiger partial charge in [0.2, 0.25) is 0 Å². The summed E-state index contributed by atoms with van der Waals surface area (Å²) in [6, 6.07) is 0. The maximum atomic E-state index is 11.3. The van der Waals surface area contributed by atoms with Gasteiger partial charge in [0.25, 0.3) is 0 Å². The molecule has 42 valence electrons. The Labute approximate surface area is 49.7 Å². The van der Waals surface area contributed by atoms with Crippen molar-refractivity contribution in [3.63, 3.8) is 0 Å². The molecule has 0 spiro atoms. The average Bonchev–Trinajstić information content (AvgIpc) is 1.27. The lowest BCUT2D eigenvalue weighted by Crippen LogP contribution is -1.76. The van der Waals surface area contributed by atoms with E-state index in [2.05, 4.69) is 23.2 Å². The van der Waals surface area contributed by atoms with E-state index in [0.29, 0.717) is 6.08 Å². The van der Waals surface area contributed by atoms with Crippen LogP contribution in [0.5, 0.6) is 0 Å². The predicted octanol–water partition coefficient (Wildman–Crippen LogP) is 2.57. The van der Waals surface area contributed by atoms with Gasteiger partial charge in [0, 0.05) is 6.08 Å². The number of rotatable bonds is 1. The minimum absolute atomic E-state index is 0.448. The van der Waals surface area contributed by atoms with E-state index in [9.17, 15) is 8.78 Å². The molecule has 0 aliphatic carbocycles. The van der Waals surface area contributed by atoms with Crippen LogP contribution in [0.3, 0.4) is 0 Å². The van der Waals surface area contributed by atoms with Crippen LogP contribution in [0.15, 0.2) is 11.4 Å². The highest BCUT2D eigenvalue weighted by Crippen LogP contribution is 2.07. The van der Waals surface area contributed by atoms with Gasteiger partial charge in [-0.05, 0) is 0 Å². The number of halogens is 4. The molecule has 0 saturated heterocycles. The van der Waals surface area contributed by atoms with Crippen LogP contribution in [0.2, 0.25) is 0 Å². The van der Waals surface area contributed by atoms with Crippen LogP contribution in [0, 0.1) is 0 Å². The zero-order valence-corrected chi connectivity index (χ0v) is 4.68. The van der Waals surface area contributed by atoms with Gasteiger partial charge in [-0.15, -0.1) is 0 Å². The normalized spacial score (nSPS) is 16.9. The Kier molecular flexibility index (Phi) is 3.30. The lowest BCUT2D eigenvalue weighted by molar-refractivity contribution is 0.504. The molecule has 0 saturated carbocycles. The number of allylic oxidation sites excluding steroid dienone is 1. The Hall–Kier alpha value is 0.180. The Morgan fingerprint density at radius 1 is 1.71 bits per heavy atom. The molecule has 0 aromatic heterocycles. The Balaban J connectivity index is 3.45. The van der Waals surface area contributed by atoms with Gasteiger partial charge in [-0.1, -0.05) is 23.2 Å². The van der Waals surface area contributed by atoms with Crippen molar-refractivity contribution in [2.45, 2.75) is 5.63 Å². The highest BCUT2D eigenvalue weighted by Gasteiger charge is 1.94. The number of alkyl halides is 2. The molecule has 0 N–H and O–H groups in total. The third-order valence-corrected chi connectivity index (χ3v) is 0.504. The molecule has 0 aromatic rings. The van der Waals surface area contributed by atoms with Gasteiger partial charge in [0.15, 0.2) is 10.9 Å². The second-order valence-electron chi connectivity index (χ2n) is 0.791. The van der Waals surface area contributed by atoms with E-state index in [1.165, 1.54) is 0 Å². The van der Waals surface area contributed by atoms with Gasteiger partial charge >= 0.3 is 0 Å². The van der Waals surface area contributed by atoms with E-state index in [0.717, 1.165) is 0 Å². The minimum atomic E-state index is -1.82. The first kappa shape index (κ1) is 7.18. The largest absolute Gasteiger partial charge is 0.225 e. The molecule has 0 amide bonds. The summed E-state index contributed by atoms with van der Waals surface area (Å²) < 4.78 is 22.6. The monoisotopic (exact) mass is 146 g/mol. The van der Waals surface area contributed by atoms with Crippen LogP contribution in [0.25, 0.3) is 0 Å². The summed E-state index contributed by atoms with van der Waals surface area (Å²) in [5, 5.41) is -1.12. The Morgan fingerprint density at radius 2 is 2.14 bits per heavy atom. The van der Waals surface area contributed by atoms with Crippen molar-refractivity contribution in [3.05, 3.63) is 11.4 Å². The van der Waals surface area contributed by atoms with Crippen LogP contribution >= 0.6 is 23.2 Å². The molecule has 0 aliphatic rings. The van der Waals surface area contributed by atoms with Gasteiger partial charge in [-0.25, -0.2) is 4.39 Å². The average molecular weight is 147 g/mol. The van der Waals surface area contributed by atoms with Gasteiger partial charge in [0.1, 0.15) is 0 Å². The van der Waals surface area contributed by atoms with Gasteiger partial charge in [-0.2, -0.15) is 4.39 Å². The van der Waals surface area contributed by atoms with Crippen molar-refractivity contribution in [1.29, 1.82) is 0 Å².